The van der Waals surface area contributed by atoms with Gasteiger partial charge in [-0.2, -0.15) is 0 Å². The maximum Gasteiger partial charge on any atom is 0.225 e. The number of nitrogens with one attached hydrogen (secondary N) is 2. The maximum atomic E-state index is 15.4. The zero-order valence-corrected chi connectivity index (χ0v) is 21.2. The van der Waals surface area contributed by atoms with Crippen molar-refractivity contribution in [3.05, 3.63) is 71.3 Å². The molecule has 13 heteroatoms. The van der Waals surface area contributed by atoms with Crippen molar-refractivity contribution < 1.29 is 22.0 Å². The molecule has 0 saturated carbocycles. The van der Waals surface area contributed by atoms with Crippen LogP contribution >= 0.6 is 0 Å². The topological polar surface area (TPSA) is 147 Å². The number of hydrogen-bond donors (Lipinski definition) is 3. The van der Waals surface area contributed by atoms with E-state index in [1.165, 1.54) is 13.1 Å². The first kappa shape index (κ1) is 25.8. The molecule has 1 aromatic carbocycles. The third kappa shape index (κ3) is 4.75. The largest absolute Gasteiger partial charge is 0.345 e. The van der Waals surface area contributed by atoms with Crippen molar-refractivity contribution in [3.8, 4) is 11.1 Å². The number of primary sulfonamides is 1. The highest BCUT2D eigenvalue weighted by atomic mass is 32.2. The first-order chi connectivity index (χ1) is 18.2. The van der Waals surface area contributed by atoms with E-state index in [9.17, 15) is 17.6 Å². The molecule has 1 unspecified atom stereocenters. The summed E-state index contributed by atoms with van der Waals surface area (Å²) in [6.07, 6.45) is 6.15. The summed E-state index contributed by atoms with van der Waals surface area (Å²) in [5, 5.41) is 7.43. The quantitative estimate of drug-likeness (QED) is 0.303. The number of pyridine rings is 1. The van der Waals surface area contributed by atoms with E-state index in [1.807, 2.05) is 0 Å². The van der Waals surface area contributed by atoms with Crippen LogP contribution in [0.15, 0.2) is 43.0 Å². The Morgan fingerprint density at radius 1 is 1.11 bits per heavy atom. The van der Waals surface area contributed by atoms with E-state index in [-0.39, 0.29) is 17.5 Å². The summed E-state index contributed by atoms with van der Waals surface area (Å²) in [4.78, 5) is 31.6. The Balaban J connectivity index is 1.52. The fourth-order valence-corrected chi connectivity index (χ4v) is 5.64. The van der Waals surface area contributed by atoms with Crippen LogP contribution < -0.4 is 15.4 Å². The second kappa shape index (κ2) is 10.2. The van der Waals surface area contributed by atoms with Crippen LogP contribution in [0.1, 0.15) is 40.1 Å². The third-order valence-electron chi connectivity index (χ3n) is 6.61. The average molecular weight is 542 g/mol. The molecule has 5 rings (SSSR count). The highest BCUT2D eigenvalue weighted by Gasteiger charge is 2.30. The molecule has 1 atom stereocenters. The minimum absolute atomic E-state index is 0.0219. The van der Waals surface area contributed by atoms with Crippen LogP contribution in [0.3, 0.4) is 0 Å². The van der Waals surface area contributed by atoms with Crippen LogP contribution in [0.2, 0.25) is 0 Å². The van der Waals surface area contributed by atoms with Gasteiger partial charge in [-0.15, -0.1) is 0 Å². The normalized spacial score (nSPS) is 15.1. The molecule has 1 saturated heterocycles. The van der Waals surface area contributed by atoms with Crippen molar-refractivity contribution in [1.29, 1.82) is 0 Å². The monoisotopic (exact) mass is 541 g/mol. The number of carbonyl (C=O) groups excluding carboxylic acids is 1. The lowest BCUT2D eigenvalue weighted by Gasteiger charge is -2.27. The van der Waals surface area contributed by atoms with E-state index in [2.05, 4.69) is 30.2 Å². The summed E-state index contributed by atoms with van der Waals surface area (Å²) in [6, 6.07) is 3.53. The fraction of sp³-hybridized carbons (Fsp3) is 0.280. The number of nitrogens with two attached hydrogens (primary N) is 1. The van der Waals surface area contributed by atoms with Gasteiger partial charge in [-0.25, -0.2) is 37.3 Å². The van der Waals surface area contributed by atoms with Gasteiger partial charge in [0.1, 0.15) is 22.5 Å². The van der Waals surface area contributed by atoms with Gasteiger partial charge >= 0.3 is 0 Å². The van der Waals surface area contributed by atoms with Gasteiger partial charge in [0, 0.05) is 78.6 Å². The summed E-state index contributed by atoms with van der Waals surface area (Å²) < 4.78 is 54.2. The van der Waals surface area contributed by atoms with Gasteiger partial charge in [0.2, 0.25) is 21.8 Å². The van der Waals surface area contributed by atoms with Crippen LogP contribution in [0.4, 0.5) is 14.7 Å². The number of ketones is 1. The number of halogens is 2. The molecule has 38 heavy (non-hydrogen) atoms. The Labute approximate surface area is 217 Å². The summed E-state index contributed by atoms with van der Waals surface area (Å²) in [5.74, 6) is -2.72. The Morgan fingerprint density at radius 3 is 2.45 bits per heavy atom. The number of benzene rings is 1. The maximum absolute atomic E-state index is 15.4. The number of aromatic nitrogens is 4. The standard InChI is InChI=1S/C25H25F2N7O3S/c1-2-20(38(28,36)37)16-3-4-19(26)21(22(16)27)23(35)18-13-31-24-17(18)9-14(10-30-24)15-11-32-25(33-12-15)34-7-5-29-6-8-34/h3-4,9-13,20,29H,2,5-8H2,1H3,(H,30,31)(H2,28,36,37). The predicted octanol–water partition coefficient (Wildman–Crippen LogP) is 2.68. The van der Waals surface area contributed by atoms with Gasteiger partial charge in [-0.1, -0.05) is 13.0 Å². The third-order valence-corrected chi connectivity index (χ3v) is 7.99. The number of fused-ring (bicyclic) bond motifs is 1. The molecule has 0 spiro atoms. The first-order valence-corrected chi connectivity index (χ1v) is 13.6. The van der Waals surface area contributed by atoms with Gasteiger partial charge in [-0.05, 0) is 18.6 Å². The highest BCUT2D eigenvalue weighted by molar-refractivity contribution is 7.89. The Bertz CT molecular complexity index is 1620. The minimum atomic E-state index is -4.19. The first-order valence-electron chi connectivity index (χ1n) is 12.0. The van der Waals surface area contributed by atoms with Crippen LogP contribution in [-0.2, 0) is 10.0 Å². The lowest BCUT2D eigenvalue weighted by atomic mass is 9.97. The molecular formula is C25H25F2N7O3S. The molecule has 4 N–H and O–H groups in total. The number of H-pyrrole nitrogens is 1. The molecule has 1 fully saturated rings. The Kier molecular flexibility index (Phi) is 6.90. The predicted molar refractivity (Wildman–Crippen MR) is 138 cm³/mol. The molecule has 10 nitrogen and oxygen atoms in total. The van der Waals surface area contributed by atoms with Crippen LogP contribution in [0.25, 0.3) is 22.2 Å². The Morgan fingerprint density at radius 2 is 1.79 bits per heavy atom. The molecule has 0 aliphatic carbocycles. The van der Waals surface area contributed by atoms with Crippen molar-refractivity contribution in [2.24, 2.45) is 5.14 Å². The number of rotatable bonds is 7. The SMILES string of the molecule is CCC(c1ccc(F)c(C(=O)c2c[nH]c3ncc(-c4cnc(N5CCNCC5)nc4)cc23)c1F)S(N)(=O)=O. The minimum Gasteiger partial charge on any atom is -0.345 e. The molecule has 198 valence electrons. The number of piperazine rings is 1. The summed E-state index contributed by atoms with van der Waals surface area (Å²) in [7, 11) is -4.19. The number of aromatic amines is 1. The smallest absolute Gasteiger partial charge is 0.225 e. The summed E-state index contributed by atoms with van der Waals surface area (Å²) >= 11 is 0. The summed E-state index contributed by atoms with van der Waals surface area (Å²) in [5.41, 5.74) is 0.346. The van der Waals surface area contributed by atoms with Crippen LogP contribution in [0.5, 0.6) is 0 Å². The zero-order chi connectivity index (χ0) is 27.0. The molecule has 0 radical (unpaired) electrons. The molecule has 3 aromatic heterocycles. The van der Waals surface area contributed by atoms with E-state index in [0.29, 0.717) is 28.1 Å². The van der Waals surface area contributed by atoms with Crippen molar-refractivity contribution in [2.75, 3.05) is 31.1 Å². The van der Waals surface area contributed by atoms with Gasteiger partial charge in [0.05, 0.1) is 5.56 Å². The van der Waals surface area contributed by atoms with Crippen molar-refractivity contribution in [1.82, 2.24) is 25.3 Å². The van der Waals surface area contributed by atoms with E-state index < -0.39 is 38.3 Å². The van der Waals surface area contributed by atoms with Crippen molar-refractivity contribution in [2.45, 2.75) is 18.6 Å². The van der Waals surface area contributed by atoms with Crippen molar-refractivity contribution >= 4 is 32.8 Å². The van der Waals surface area contributed by atoms with Gasteiger partial charge in [0.25, 0.3) is 0 Å². The van der Waals surface area contributed by atoms with Gasteiger partial charge < -0.3 is 15.2 Å². The Hall–Kier alpha value is -3.81. The summed E-state index contributed by atoms with van der Waals surface area (Å²) in [6.45, 7) is 4.80. The zero-order valence-electron chi connectivity index (χ0n) is 20.4. The number of carbonyl (C=O) groups is 1. The van der Waals surface area contributed by atoms with E-state index in [4.69, 9.17) is 5.14 Å². The lowest BCUT2D eigenvalue weighted by Crippen LogP contribution is -2.44. The molecule has 0 bridgehead atoms. The van der Waals surface area contributed by atoms with Gasteiger partial charge in [-0.3, -0.25) is 4.79 Å². The van der Waals surface area contributed by atoms with Crippen LogP contribution in [-0.4, -0.2) is 60.3 Å². The fourth-order valence-electron chi connectivity index (χ4n) is 4.64. The number of hydrogen-bond acceptors (Lipinski definition) is 8. The molecular weight excluding hydrogens is 516 g/mol. The number of sulfonamides is 1. The second-order valence-electron chi connectivity index (χ2n) is 8.97. The highest BCUT2D eigenvalue weighted by Crippen LogP contribution is 2.32. The second-order valence-corrected chi connectivity index (χ2v) is 10.7. The number of anilines is 1. The molecule has 1 aliphatic rings. The van der Waals surface area contributed by atoms with Gasteiger partial charge in [0.15, 0.2) is 0 Å². The number of nitrogens with zero attached hydrogens (tertiary/aromatic N) is 4. The van der Waals surface area contributed by atoms with E-state index in [1.54, 1.807) is 24.7 Å². The average Bonchev–Trinajstić information content (AvgIpc) is 3.33. The van der Waals surface area contributed by atoms with Crippen molar-refractivity contribution in [3.63, 3.8) is 0 Å². The molecule has 4 aromatic rings. The molecule has 0 amide bonds. The molecule has 1 aliphatic heterocycles. The van der Waals surface area contributed by atoms with E-state index in [0.717, 1.165) is 38.3 Å². The molecule has 4 heterocycles. The lowest BCUT2D eigenvalue weighted by molar-refractivity contribution is 0.103. The van der Waals surface area contributed by atoms with Crippen LogP contribution in [0, 0.1) is 11.6 Å². The van der Waals surface area contributed by atoms with E-state index >= 15 is 4.39 Å².